The van der Waals surface area contributed by atoms with Crippen molar-refractivity contribution < 1.29 is 9.53 Å². The molecule has 156 valence electrons. The number of nitrogens with one attached hydrogen (secondary N) is 1. The quantitative estimate of drug-likeness (QED) is 0.462. The number of carbonyl (C=O) groups excluding carboxylic acids is 1. The number of methoxy groups -OCH3 is 1. The minimum atomic E-state index is -0.193. The van der Waals surface area contributed by atoms with E-state index < -0.39 is 0 Å². The summed E-state index contributed by atoms with van der Waals surface area (Å²) in [7, 11) is 1.60. The van der Waals surface area contributed by atoms with Gasteiger partial charge < -0.3 is 10.1 Å². The summed E-state index contributed by atoms with van der Waals surface area (Å²) in [5, 5.41) is 4.05. The number of aryl methyl sites for hydroxylation is 2. The summed E-state index contributed by atoms with van der Waals surface area (Å²) in [6.45, 7) is 2.30. The summed E-state index contributed by atoms with van der Waals surface area (Å²) in [6, 6.07) is 13.2. The Kier molecular flexibility index (Phi) is 6.20. The number of benzene rings is 2. The Labute approximate surface area is 179 Å². The van der Waals surface area contributed by atoms with Gasteiger partial charge >= 0.3 is 0 Å². The number of fused-ring (bicyclic) bond motifs is 2. The Hall–Kier alpha value is -2.64. The largest absolute Gasteiger partial charge is 0.383 e. The Balaban J connectivity index is 1.54. The van der Waals surface area contributed by atoms with E-state index in [1.807, 2.05) is 31.2 Å². The summed E-state index contributed by atoms with van der Waals surface area (Å²) >= 11 is 1.27. The molecule has 0 fully saturated rings. The van der Waals surface area contributed by atoms with Crippen LogP contribution in [0.1, 0.15) is 30.5 Å². The van der Waals surface area contributed by atoms with E-state index in [0.29, 0.717) is 22.7 Å². The van der Waals surface area contributed by atoms with E-state index in [-0.39, 0.29) is 23.3 Å². The van der Waals surface area contributed by atoms with Gasteiger partial charge in [0.15, 0.2) is 5.16 Å². The molecule has 1 amide bonds. The molecule has 1 N–H and O–H groups in total. The van der Waals surface area contributed by atoms with Crippen LogP contribution in [0.3, 0.4) is 0 Å². The molecule has 0 bridgehead atoms. The van der Waals surface area contributed by atoms with Crippen LogP contribution in [-0.4, -0.2) is 34.9 Å². The van der Waals surface area contributed by atoms with Crippen LogP contribution in [0.5, 0.6) is 0 Å². The molecule has 0 radical (unpaired) electrons. The lowest BCUT2D eigenvalue weighted by Gasteiger charge is -2.18. The number of thioether (sulfide) groups is 1. The highest BCUT2D eigenvalue weighted by atomic mass is 32.2. The molecule has 7 heteroatoms. The van der Waals surface area contributed by atoms with E-state index >= 15 is 0 Å². The number of para-hydroxylation sites is 1. The zero-order valence-corrected chi connectivity index (χ0v) is 18.0. The number of rotatable bonds is 7. The highest BCUT2D eigenvalue weighted by Gasteiger charge is 2.18. The van der Waals surface area contributed by atoms with E-state index in [1.165, 1.54) is 29.3 Å². The molecule has 0 saturated carbocycles. The first kappa shape index (κ1) is 20.6. The van der Waals surface area contributed by atoms with E-state index in [1.54, 1.807) is 17.7 Å². The topological polar surface area (TPSA) is 73.2 Å². The predicted octanol–water partition coefficient (Wildman–Crippen LogP) is 3.82. The van der Waals surface area contributed by atoms with Crippen LogP contribution in [0.15, 0.2) is 52.4 Å². The van der Waals surface area contributed by atoms with Crippen LogP contribution >= 0.6 is 11.8 Å². The molecule has 0 aliphatic heterocycles. The average molecular weight is 424 g/mol. The van der Waals surface area contributed by atoms with Crippen LogP contribution in [0, 0.1) is 0 Å². The minimum Gasteiger partial charge on any atom is -0.383 e. The van der Waals surface area contributed by atoms with E-state index in [2.05, 4.69) is 22.4 Å². The molecule has 1 aromatic heterocycles. The maximum Gasteiger partial charge on any atom is 0.262 e. The zero-order valence-electron chi connectivity index (χ0n) is 17.2. The molecule has 1 heterocycles. The fraction of sp³-hybridized carbons (Fsp3) is 0.348. The van der Waals surface area contributed by atoms with Crippen molar-refractivity contribution in [1.29, 1.82) is 0 Å². The molecule has 1 unspecified atom stereocenters. The molecule has 3 aromatic rings. The first-order valence-corrected chi connectivity index (χ1v) is 11.1. The SMILES string of the molecule is COCC(C)n1c(SCC(=O)Nc2ccc3c(c2)CCC3)nc2ccccc2c1=O. The highest BCUT2D eigenvalue weighted by Crippen LogP contribution is 2.26. The van der Waals surface area contributed by atoms with Gasteiger partial charge in [-0.3, -0.25) is 14.2 Å². The van der Waals surface area contributed by atoms with Gasteiger partial charge in [0.05, 0.1) is 29.3 Å². The van der Waals surface area contributed by atoms with Gasteiger partial charge in [-0.2, -0.15) is 0 Å². The Morgan fingerprint density at radius 2 is 2.03 bits per heavy atom. The second-order valence-electron chi connectivity index (χ2n) is 7.56. The van der Waals surface area contributed by atoms with Crippen LogP contribution < -0.4 is 10.9 Å². The average Bonchev–Trinajstić information content (AvgIpc) is 3.20. The number of hydrogen-bond donors (Lipinski definition) is 1. The summed E-state index contributed by atoms with van der Waals surface area (Å²) in [6.07, 6.45) is 3.36. The van der Waals surface area contributed by atoms with Crippen LogP contribution in [0.25, 0.3) is 10.9 Å². The Bertz CT molecular complexity index is 1140. The van der Waals surface area contributed by atoms with Gasteiger partial charge in [-0.15, -0.1) is 0 Å². The van der Waals surface area contributed by atoms with Crippen molar-refractivity contribution in [3.8, 4) is 0 Å². The smallest absolute Gasteiger partial charge is 0.262 e. The van der Waals surface area contributed by atoms with Gasteiger partial charge in [0.25, 0.3) is 5.56 Å². The monoisotopic (exact) mass is 423 g/mol. The molecular weight excluding hydrogens is 398 g/mol. The molecule has 0 saturated heterocycles. The summed E-state index contributed by atoms with van der Waals surface area (Å²) in [4.78, 5) is 30.3. The van der Waals surface area contributed by atoms with Gasteiger partial charge in [-0.05, 0) is 61.6 Å². The molecule has 30 heavy (non-hydrogen) atoms. The zero-order chi connectivity index (χ0) is 21.1. The number of ether oxygens (including phenoxy) is 1. The van der Waals surface area contributed by atoms with Crippen molar-refractivity contribution >= 4 is 34.3 Å². The molecule has 1 aliphatic carbocycles. The third-order valence-electron chi connectivity index (χ3n) is 5.34. The summed E-state index contributed by atoms with van der Waals surface area (Å²) in [5.74, 6) is 0.0491. The Morgan fingerprint density at radius 1 is 1.23 bits per heavy atom. The third kappa shape index (κ3) is 4.27. The molecule has 1 atom stereocenters. The van der Waals surface area contributed by atoms with Crippen molar-refractivity contribution in [2.45, 2.75) is 37.4 Å². The molecule has 4 rings (SSSR count). The lowest BCUT2D eigenvalue weighted by atomic mass is 10.1. The van der Waals surface area contributed by atoms with Crippen molar-refractivity contribution in [2.24, 2.45) is 0 Å². The molecule has 0 spiro atoms. The fourth-order valence-corrected chi connectivity index (χ4v) is 4.81. The predicted molar refractivity (Wildman–Crippen MR) is 120 cm³/mol. The number of amides is 1. The molecule has 1 aliphatic rings. The minimum absolute atomic E-state index is 0.119. The van der Waals surface area contributed by atoms with Crippen molar-refractivity contribution in [3.05, 3.63) is 63.9 Å². The first-order valence-electron chi connectivity index (χ1n) is 10.1. The Morgan fingerprint density at radius 3 is 2.87 bits per heavy atom. The van der Waals surface area contributed by atoms with Gasteiger partial charge in [-0.1, -0.05) is 30.0 Å². The lowest BCUT2D eigenvalue weighted by Crippen LogP contribution is -2.29. The van der Waals surface area contributed by atoms with Crippen molar-refractivity contribution in [3.63, 3.8) is 0 Å². The normalized spacial score (nSPS) is 13.9. The maximum absolute atomic E-state index is 13.1. The molecular formula is C23H25N3O3S. The van der Waals surface area contributed by atoms with Crippen molar-refractivity contribution in [2.75, 3.05) is 24.8 Å². The number of carbonyl (C=O) groups is 1. The second-order valence-corrected chi connectivity index (χ2v) is 8.51. The molecule has 2 aromatic carbocycles. The number of aromatic nitrogens is 2. The van der Waals surface area contributed by atoms with Gasteiger partial charge in [0.1, 0.15) is 0 Å². The number of hydrogen-bond acceptors (Lipinski definition) is 5. The second kappa shape index (κ2) is 9.02. The number of nitrogens with zero attached hydrogens (tertiary/aromatic N) is 2. The van der Waals surface area contributed by atoms with Gasteiger partial charge in [0, 0.05) is 12.8 Å². The first-order chi connectivity index (χ1) is 14.6. The van der Waals surface area contributed by atoms with Crippen molar-refractivity contribution in [1.82, 2.24) is 9.55 Å². The number of anilines is 1. The van der Waals surface area contributed by atoms with Crippen LogP contribution in [0.2, 0.25) is 0 Å². The maximum atomic E-state index is 13.1. The van der Waals surface area contributed by atoms with Gasteiger partial charge in [0.2, 0.25) is 5.91 Å². The van der Waals surface area contributed by atoms with Crippen LogP contribution in [-0.2, 0) is 22.4 Å². The standard InChI is InChI=1S/C23H25N3O3S/c1-15(13-29-2)26-22(28)19-8-3-4-9-20(19)25-23(26)30-14-21(27)24-18-11-10-16-6-5-7-17(16)12-18/h3-4,8-12,15H,5-7,13-14H2,1-2H3,(H,24,27). The van der Waals surface area contributed by atoms with E-state index in [9.17, 15) is 9.59 Å². The highest BCUT2D eigenvalue weighted by molar-refractivity contribution is 7.99. The fourth-order valence-electron chi connectivity index (χ4n) is 3.91. The van der Waals surface area contributed by atoms with Gasteiger partial charge in [-0.25, -0.2) is 4.98 Å². The lowest BCUT2D eigenvalue weighted by molar-refractivity contribution is -0.113. The van der Waals surface area contributed by atoms with E-state index in [4.69, 9.17) is 4.74 Å². The summed E-state index contributed by atoms with van der Waals surface area (Å²) < 4.78 is 6.87. The molecule has 6 nitrogen and oxygen atoms in total. The third-order valence-corrected chi connectivity index (χ3v) is 6.29. The van der Waals surface area contributed by atoms with Crippen LogP contribution in [0.4, 0.5) is 5.69 Å². The van der Waals surface area contributed by atoms with E-state index in [0.717, 1.165) is 18.5 Å². The summed E-state index contributed by atoms with van der Waals surface area (Å²) in [5.41, 5.74) is 4.02.